The van der Waals surface area contributed by atoms with Crippen molar-refractivity contribution in [3.63, 3.8) is 0 Å². The van der Waals surface area contributed by atoms with E-state index in [1.807, 2.05) is 35.2 Å². The van der Waals surface area contributed by atoms with E-state index < -0.39 is 28.9 Å². The average molecular weight is 659 g/mol. The molecule has 0 radical (unpaired) electrons. The summed E-state index contributed by atoms with van der Waals surface area (Å²) in [6.07, 6.45) is 3.46. The Kier molecular flexibility index (Phi) is 8.40. The zero-order chi connectivity index (χ0) is 33.7. The molecule has 3 aromatic carbocycles. The number of hydrogen-bond donors (Lipinski definition) is 1. The smallest absolute Gasteiger partial charge is 0.416 e. The van der Waals surface area contributed by atoms with Gasteiger partial charge in [0.05, 0.1) is 29.7 Å². The summed E-state index contributed by atoms with van der Waals surface area (Å²) in [4.78, 5) is 18.4. The van der Waals surface area contributed by atoms with Crippen LogP contribution < -0.4 is 9.47 Å². The largest absolute Gasteiger partial charge is 0.493 e. The van der Waals surface area contributed by atoms with Crippen molar-refractivity contribution in [3.8, 4) is 11.5 Å². The highest BCUT2D eigenvalue weighted by Crippen LogP contribution is 2.66. The molecule has 1 saturated carbocycles. The van der Waals surface area contributed by atoms with Crippen LogP contribution in [0.4, 0.5) is 13.2 Å². The number of nitrogens with zero attached hydrogens (tertiary/aromatic N) is 2. The molecule has 1 amide bonds. The molecule has 1 N–H and O–H groups in total. The summed E-state index contributed by atoms with van der Waals surface area (Å²) in [5.74, 6) is 0.963. The van der Waals surface area contributed by atoms with E-state index in [0.717, 1.165) is 41.8 Å². The molecule has 7 rings (SSSR count). The molecular weight excluding hydrogens is 617 g/mol. The van der Waals surface area contributed by atoms with Gasteiger partial charge in [0.15, 0.2) is 11.5 Å². The number of ether oxygens (including phenoxy) is 2. The Hall–Kier alpha value is -4.08. The molecule has 4 aliphatic rings. The molecule has 9 heteroatoms. The Morgan fingerprint density at radius 1 is 1.15 bits per heavy atom. The van der Waals surface area contributed by atoms with Crippen LogP contribution in [-0.4, -0.2) is 71.3 Å². The maximum absolute atomic E-state index is 14.2. The van der Waals surface area contributed by atoms with E-state index in [1.165, 1.54) is 18.2 Å². The van der Waals surface area contributed by atoms with Gasteiger partial charge < -0.3 is 19.5 Å². The Morgan fingerprint density at radius 2 is 1.96 bits per heavy atom. The van der Waals surface area contributed by atoms with Gasteiger partial charge in [0.25, 0.3) is 0 Å². The van der Waals surface area contributed by atoms with Crippen molar-refractivity contribution in [2.75, 3.05) is 26.7 Å². The molecule has 6 nitrogen and oxygen atoms in total. The van der Waals surface area contributed by atoms with Gasteiger partial charge in [-0.1, -0.05) is 54.6 Å². The Morgan fingerprint density at radius 3 is 2.71 bits per heavy atom. The maximum Gasteiger partial charge on any atom is 0.416 e. The zero-order valence-corrected chi connectivity index (χ0v) is 27.1. The first-order valence-electron chi connectivity index (χ1n) is 16.7. The van der Waals surface area contributed by atoms with Crippen molar-refractivity contribution < 1.29 is 32.5 Å². The molecule has 2 aliphatic heterocycles. The second kappa shape index (κ2) is 12.4. The number of methoxy groups -OCH3 is 1. The lowest BCUT2D eigenvalue weighted by Gasteiger charge is -2.64. The first-order chi connectivity index (χ1) is 23.1. The third kappa shape index (κ3) is 5.22. The number of piperidine rings is 1. The Balaban J connectivity index is 1.26. The summed E-state index contributed by atoms with van der Waals surface area (Å²) in [6.45, 7) is 5.81. The number of hydrogen-bond acceptors (Lipinski definition) is 5. The van der Waals surface area contributed by atoms with Gasteiger partial charge in [-0.2, -0.15) is 13.2 Å². The number of aryl methyl sites for hydroxylation is 1. The van der Waals surface area contributed by atoms with Gasteiger partial charge in [-0.25, -0.2) is 0 Å². The lowest BCUT2D eigenvalue weighted by molar-refractivity contribution is -0.199. The van der Waals surface area contributed by atoms with Crippen molar-refractivity contribution in [2.24, 2.45) is 0 Å². The van der Waals surface area contributed by atoms with Crippen LogP contribution in [0.2, 0.25) is 0 Å². The van der Waals surface area contributed by atoms with Crippen molar-refractivity contribution in [2.45, 2.75) is 73.9 Å². The Labute approximate surface area is 279 Å². The number of carbonyl (C=O) groups excluding carboxylic acids is 1. The van der Waals surface area contributed by atoms with Gasteiger partial charge in [-0.05, 0) is 86.0 Å². The van der Waals surface area contributed by atoms with E-state index >= 15 is 0 Å². The highest BCUT2D eigenvalue weighted by atomic mass is 19.4. The van der Waals surface area contributed by atoms with Crippen LogP contribution in [0, 0.1) is 0 Å². The summed E-state index contributed by atoms with van der Waals surface area (Å²) in [5, 5.41) is 12.9. The average Bonchev–Trinajstić information content (AvgIpc) is 3.43. The van der Waals surface area contributed by atoms with Crippen molar-refractivity contribution in [3.05, 3.63) is 113 Å². The molecular formula is C39H41F3N2O4. The number of halogens is 3. The van der Waals surface area contributed by atoms with Gasteiger partial charge >= 0.3 is 6.18 Å². The van der Waals surface area contributed by atoms with E-state index in [4.69, 9.17) is 9.47 Å². The fourth-order valence-corrected chi connectivity index (χ4v) is 9.08. The van der Waals surface area contributed by atoms with Crippen molar-refractivity contribution >= 4 is 12.0 Å². The SMILES string of the molecule is C=CCN1CC[C@]23c4c5ccc(OC)c4O[C@H]2[C@@H](N(CCCc2ccccc2)C(=O)C=Cc2cccc(C(F)(F)F)c2)CC[C@@]3(O)[C@H]1C5. The zero-order valence-electron chi connectivity index (χ0n) is 27.1. The summed E-state index contributed by atoms with van der Waals surface area (Å²) >= 11 is 0. The number of carbonyl (C=O) groups is 1. The quantitative estimate of drug-likeness (QED) is 0.197. The number of benzene rings is 3. The molecule has 3 aromatic rings. The van der Waals surface area contributed by atoms with Gasteiger partial charge in [0.2, 0.25) is 5.91 Å². The number of rotatable bonds is 10. The number of amides is 1. The monoisotopic (exact) mass is 658 g/mol. The van der Waals surface area contributed by atoms with E-state index in [1.54, 1.807) is 13.2 Å². The highest BCUT2D eigenvalue weighted by molar-refractivity contribution is 5.92. The predicted octanol–water partition coefficient (Wildman–Crippen LogP) is 6.60. The summed E-state index contributed by atoms with van der Waals surface area (Å²) in [6, 6.07) is 18.5. The number of likely N-dealkylation sites (tertiary alicyclic amines) is 1. The number of alkyl halides is 3. The van der Waals surface area contributed by atoms with E-state index in [2.05, 4.69) is 29.7 Å². The van der Waals surface area contributed by atoms with Crippen LogP contribution in [0.25, 0.3) is 6.08 Å². The van der Waals surface area contributed by atoms with E-state index in [-0.39, 0.29) is 18.0 Å². The third-order valence-corrected chi connectivity index (χ3v) is 11.1. The van der Waals surface area contributed by atoms with Gasteiger partial charge in [-0.3, -0.25) is 9.69 Å². The first kappa shape index (κ1) is 32.5. The summed E-state index contributed by atoms with van der Waals surface area (Å²) < 4.78 is 53.0. The molecule has 2 aliphatic carbocycles. The van der Waals surface area contributed by atoms with Crippen molar-refractivity contribution in [1.29, 1.82) is 0 Å². The lowest BCUT2D eigenvalue weighted by Crippen LogP contribution is -2.78. The molecule has 2 fully saturated rings. The van der Waals surface area contributed by atoms with Crippen LogP contribution in [0.15, 0.2) is 85.5 Å². The van der Waals surface area contributed by atoms with Crippen LogP contribution in [0.1, 0.15) is 53.5 Å². The van der Waals surface area contributed by atoms with Gasteiger partial charge in [-0.15, -0.1) is 6.58 Å². The molecule has 48 heavy (non-hydrogen) atoms. The summed E-state index contributed by atoms with van der Waals surface area (Å²) in [7, 11) is 1.61. The first-order valence-corrected chi connectivity index (χ1v) is 16.7. The maximum atomic E-state index is 14.2. The molecule has 252 valence electrons. The van der Waals surface area contributed by atoms with Crippen LogP contribution in [0.3, 0.4) is 0 Å². The summed E-state index contributed by atoms with van der Waals surface area (Å²) in [5.41, 5.74) is 0.977. The topological polar surface area (TPSA) is 62.2 Å². The predicted molar refractivity (Wildman–Crippen MR) is 178 cm³/mol. The minimum Gasteiger partial charge on any atom is -0.493 e. The fraction of sp³-hybridized carbons (Fsp3) is 0.410. The third-order valence-electron chi connectivity index (χ3n) is 11.1. The van der Waals surface area contributed by atoms with Crippen molar-refractivity contribution in [1.82, 2.24) is 9.80 Å². The molecule has 0 unspecified atom stereocenters. The van der Waals surface area contributed by atoms with Gasteiger partial charge in [0, 0.05) is 30.8 Å². The lowest BCUT2D eigenvalue weighted by atomic mass is 9.48. The fourth-order valence-electron chi connectivity index (χ4n) is 9.08. The van der Waals surface area contributed by atoms with Crippen LogP contribution >= 0.6 is 0 Å². The van der Waals surface area contributed by atoms with Crippen LogP contribution in [0.5, 0.6) is 11.5 Å². The standard InChI is InChI=1S/C39H41F3N2O4/c1-3-21-43-23-20-37-34-28-15-16-31(47-2)35(34)48-36(37)30(18-19-38(37,46)32(43)25-28)44(22-8-12-26-9-5-4-6-10-26)33(45)17-14-27-11-7-13-29(24-27)39(40,41)42/h3-7,9-11,13-17,24,30,32,36,46H,1,8,12,18-23,25H2,2H3/t30-,32+,36-,37-,38+/m0/s1. The second-order valence-corrected chi connectivity index (χ2v) is 13.5. The van der Waals surface area contributed by atoms with E-state index in [9.17, 15) is 23.1 Å². The minimum atomic E-state index is -4.48. The number of aliphatic hydroxyl groups is 1. The molecule has 2 heterocycles. The Bertz CT molecular complexity index is 1730. The molecule has 0 aromatic heterocycles. The second-order valence-electron chi connectivity index (χ2n) is 13.5. The van der Waals surface area contributed by atoms with E-state index in [0.29, 0.717) is 62.3 Å². The molecule has 5 atom stereocenters. The van der Waals surface area contributed by atoms with Gasteiger partial charge in [0.1, 0.15) is 6.10 Å². The highest BCUT2D eigenvalue weighted by Gasteiger charge is 2.73. The molecule has 1 saturated heterocycles. The van der Waals surface area contributed by atoms with Crippen LogP contribution in [-0.2, 0) is 29.2 Å². The molecule has 2 bridgehead atoms. The normalized spacial score (nSPS) is 27.3. The minimum absolute atomic E-state index is 0.133. The molecule has 1 spiro atoms.